The summed E-state index contributed by atoms with van der Waals surface area (Å²) >= 11 is 0. The van der Waals surface area contributed by atoms with Gasteiger partial charge in [0, 0.05) is 0 Å². The van der Waals surface area contributed by atoms with Gasteiger partial charge in [-0.25, -0.2) is 0 Å². The van der Waals surface area contributed by atoms with Crippen molar-refractivity contribution in [2.75, 3.05) is 13.2 Å². The molecule has 0 spiro atoms. The zero-order chi connectivity index (χ0) is 14.3. The Kier molecular flexibility index (Phi) is 6.06. The third-order valence-electron chi connectivity index (χ3n) is 2.70. The average Bonchev–Trinajstić information content (AvgIpc) is 2.38. The first-order valence-corrected chi connectivity index (χ1v) is 6.47. The molecule has 4 heteroatoms. The fraction of sp³-hybridized carbons (Fsp3) is 0.467. The quantitative estimate of drug-likeness (QED) is 0.584. The van der Waals surface area contributed by atoms with E-state index in [0.29, 0.717) is 6.42 Å². The van der Waals surface area contributed by atoms with Crippen molar-refractivity contribution in [2.45, 2.75) is 27.2 Å². The molecule has 104 valence electrons. The second kappa shape index (κ2) is 7.56. The Bertz CT molecular complexity index is 404. The monoisotopic (exact) mass is 264 g/mol. The lowest BCUT2D eigenvalue weighted by Crippen LogP contribution is -2.30. The molecule has 0 aliphatic heterocycles. The Morgan fingerprint density at radius 1 is 1.00 bits per heavy atom. The standard InChI is InChI=1S/C15H20O4/c1-4-18-14(16)13(15(17)19-5-2)10-12-8-6-11(3)7-9-12/h6-9,13H,4-5,10H2,1-3H3. The summed E-state index contributed by atoms with van der Waals surface area (Å²) in [5, 5.41) is 0. The normalized spacial score (nSPS) is 10.3. The lowest BCUT2D eigenvalue weighted by Gasteiger charge is -2.14. The maximum atomic E-state index is 11.8. The van der Waals surface area contributed by atoms with Gasteiger partial charge in [0.15, 0.2) is 5.92 Å². The van der Waals surface area contributed by atoms with Crippen LogP contribution in [0.25, 0.3) is 0 Å². The number of esters is 2. The van der Waals surface area contributed by atoms with Gasteiger partial charge in [-0.3, -0.25) is 9.59 Å². The third-order valence-corrected chi connectivity index (χ3v) is 2.70. The summed E-state index contributed by atoms with van der Waals surface area (Å²) in [5.41, 5.74) is 2.05. The SMILES string of the molecule is CCOC(=O)C(Cc1ccc(C)cc1)C(=O)OCC. The lowest BCUT2D eigenvalue weighted by molar-refractivity contribution is -0.161. The van der Waals surface area contributed by atoms with Gasteiger partial charge in [-0.2, -0.15) is 0 Å². The fourth-order valence-corrected chi connectivity index (χ4v) is 1.71. The van der Waals surface area contributed by atoms with Gasteiger partial charge in [0.25, 0.3) is 0 Å². The van der Waals surface area contributed by atoms with Crippen LogP contribution >= 0.6 is 0 Å². The number of carbonyl (C=O) groups is 2. The molecule has 0 radical (unpaired) electrons. The van der Waals surface area contributed by atoms with Gasteiger partial charge < -0.3 is 9.47 Å². The molecule has 0 saturated carbocycles. The molecular formula is C15H20O4. The van der Waals surface area contributed by atoms with E-state index < -0.39 is 17.9 Å². The summed E-state index contributed by atoms with van der Waals surface area (Å²) < 4.78 is 9.86. The first kappa shape index (κ1) is 15.2. The van der Waals surface area contributed by atoms with E-state index in [2.05, 4.69) is 0 Å². The Morgan fingerprint density at radius 2 is 1.47 bits per heavy atom. The highest BCUT2D eigenvalue weighted by Crippen LogP contribution is 2.13. The molecule has 0 bridgehead atoms. The highest BCUT2D eigenvalue weighted by molar-refractivity contribution is 5.95. The summed E-state index contributed by atoms with van der Waals surface area (Å²) in [6.07, 6.45) is 0.304. The van der Waals surface area contributed by atoms with E-state index in [4.69, 9.17) is 9.47 Å². The fourth-order valence-electron chi connectivity index (χ4n) is 1.71. The average molecular weight is 264 g/mol. The predicted molar refractivity (Wildman–Crippen MR) is 71.6 cm³/mol. The van der Waals surface area contributed by atoms with E-state index in [9.17, 15) is 9.59 Å². The maximum Gasteiger partial charge on any atom is 0.320 e. The van der Waals surface area contributed by atoms with Gasteiger partial charge in [-0.05, 0) is 32.8 Å². The summed E-state index contributed by atoms with van der Waals surface area (Å²) in [7, 11) is 0. The largest absolute Gasteiger partial charge is 0.465 e. The van der Waals surface area contributed by atoms with Crippen molar-refractivity contribution in [1.82, 2.24) is 0 Å². The minimum absolute atomic E-state index is 0.253. The molecule has 0 fully saturated rings. The molecule has 1 aromatic carbocycles. The first-order valence-electron chi connectivity index (χ1n) is 6.47. The molecule has 1 aromatic rings. The molecule has 0 heterocycles. The second-order valence-corrected chi connectivity index (χ2v) is 4.25. The number of carbonyl (C=O) groups excluding carboxylic acids is 2. The maximum absolute atomic E-state index is 11.8. The van der Waals surface area contributed by atoms with Crippen LogP contribution in [0.1, 0.15) is 25.0 Å². The molecule has 1 rings (SSSR count). The summed E-state index contributed by atoms with van der Waals surface area (Å²) in [5.74, 6) is -1.94. The van der Waals surface area contributed by atoms with Crippen LogP contribution in [0.4, 0.5) is 0 Å². The Balaban J connectivity index is 2.81. The number of ether oxygens (including phenoxy) is 2. The highest BCUT2D eigenvalue weighted by Gasteiger charge is 2.29. The van der Waals surface area contributed by atoms with Crippen LogP contribution in [0.2, 0.25) is 0 Å². The lowest BCUT2D eigenvalue weighted by atomic mass is 9.99. The van der Waals surface area contributed by atoms with E-state index in [1.54, 1.807) is 13.8 Å². The topological polar surface area (TPSA) is 52.6 Å². The zero-order valence-corrected chi connectivity index (χ0v) is 11.6. The van der Waals surface area contributed by atoms with E-state index in [0.717, 1.165) is 11.1 Å². The molecule has 0 unspecified atom stereocenters. The summed E-state index contributed by atoms with van der Waals surface area (Å²) in [4.78, 5) is 23.6. The van der Waals surface area contributed by atoms with Crippen LogP contribution in [0, 0.1) is 12.8 Å². The van der Waals surface area contributed by atoms with Gasteiger partial charge in [0.05, 0.1) is 13.2 Å². The molecule has 0 aliphatic rings. The molecule has 0 aromatic heterocycles. The summed E-state index contributed by atoms with van der Waals surface area (Å²) in [6.45, 7) is 5.92. The molecular weight excluding hydrogens is 244 g/mol. The van der Waals surface area contributed by atoms with Gasteiger partial charge in [0.2, 0.25) is 0 Å². The van der Waals surface area contributed by atoms with Crippen molar-refractivity contribution in [3.63, 3.8) is 0 Å². The Labute approximate surface area is 113 Å². The van der Waals surface area contributed by atoms with E-state index in [1.165, 1.54) is 0 Å². The number of benzene rings is 1. The van der Waals surface area contributed by atoms with Crippen LogP contribution in [0.3, 0.4) is 0 Å². The molecule has 0 N–H and O–H groups in total. The second-order valence-electron chi connectivity index (χ2n) is 4.25. The molecule has 0 aliphatic carbocycles. The van der Waals surface area contributed by atoms with Crippen LogP contribution in [0.5, 0.6) is 0 Å². The van der Waals surface area contributed by atoms with Gasteiger partial charge in [-0.1, -0.05) is 29.8 Å². The van der Waals surface area contributed by atoms with Crippen LogP contribution in [0.15, 0.2) is 24.3 Å². The van der Waals surface area contributed by atoms with Gasteiger partial charge in [0.1, 0.15) is 0 Å². The van der Waals surface area contributed by atoms with Crippen molar-refractivity contribution in [3.05, 3.63) is 35.4 Å². The smallest absolute Gasteiger partial charge is 0.320 e. The molecule has 4 nitrogen and oxygen atoms in total. The van der Waals surface area contributed by atoms with Crippen molar-refractivity contribution >= 4 is 11.9 Å². The Hall–Kier alpha value is -1.84. The third kappa shape index (κ3) is 4.73. The predicted octanol–water partition coefficient (Wildman–Crippen LogP) is 2.28. The van der Waals surface area contributed by atoms with Crippen molar-refractivity contribution in [2.24, 2.45) is 5.92 Å². The molecule has 0 atom stereocenters. The van der Waals surface area contributed by atoms with Crippen LogP contribution in [-0.4, -0.2) is 25.2 Å². The van der Waals surface area contributed by atoms with Crippen molar-refractivity contribution in [1.29, 1.82) is 0 Å². The highest BCUT2D eigenvalue weighted by atomic mass is 16.6. The van der Waals surface area contributed by atoms with Crippen molar-refractivity contribution in [3.8, 4) is 0 Å². The number of aryl methyl sites for hydroxylation is 1. The van der Waals surface area contributed by atoms with Crippen molar-refractivity contribution < 1.29 is 19.1 Å². The van der Waals surface area contributed by atoms with Crippen LogP contribution < -0.4 is 0 Å². The zero-order valence-electron chi connectivity index (χ0n) is 11.6. The molecule has 0 saturated heterocycles. The van der Waals surface area contributed by atoms with E-state index in [1.807, 2.05) is 31.2 Å². The number of rotatable bonds is 6. The minimum atomic E-state index is -0.886. The Morgan fingerprint density at radius 3 is 1.89 bits per heavy atom. The molecule has 19 heavy (non-hydrogen) atoms. The minimum Gasteiger partial charge on any atom is -0.465 e. The van der Waals surface area contributed by atoms with Gasteiger partial charge in [-0.15, -0.1) is 0 Å². The number of hydrogen-bond donors (Lipinski definition) is 0. The van der Waals surface area contributed by atoms with E-state index >= 15 is 0 Å². The van der Waals surface area contributed by atoms with Crippen LogP contribution in [-0.2, 0) is 25.5 Å². The van der Waals surface area contributed by atoms with Gasteiger partial charge >= 0.3 is 11.9 Å². The first-order chi connectivity index (χ1) is 9.08. The summed E-state index contributed by atoms with van der Waals surface area (Å²) in [6, 6.07) is 7.70. The number of hydrogen-bond acceptors (Lipinski definition) is 4. The van der Waals surface area contributed by atoms with E-state index in [-0.39, 0.29) is 13.2 Å². The molecule has 0 amide bonds.